The molecule has 34 heavy (non-hydrogen) atoms. The van der Waals surface area contributed by atoms with Crippen LogP contribution in [0.15, 0.2) is 53.7 Å². The van der Waals surface area contributed by atoms with Gasteiger partial charge in [-0.3, -0.25) is 14.4 Å². The van der Waals surface area contributed by atoms with E-state index in [0.29, 0.717) is 33.5 Å². The minimum absolute atomic E-state index is 0.0131. The number of fused-ring (bicyclic) bond motifs is 2. The van der Waals surface area contributed by atoms with Crippen molar-refractivity contribution in [3.8, 4) is 5.95 Å². The molecule has 0 aliphatic heterocycles. The van der Waals surface area contributed by atoms with E-state index in [1.807, 2.05) is 19.9 Å². The Balaban J connectivity index is 1.29. The smallest absolute Gasteiger partial charge is 0.271 e. The van der Waals surface area contributed by atoms with Gasteiger partial charge in [0.1, 0.15) is 0 Å². The Labute approximate surface area is 198 Å². The van der Waals surface area contributed by atoms with Crippen LogP contribution in [-0.4, -0.2) is 47.9 Å². The zero-order chi connectivity index (χ0) is 24.0. The number of nitrogens with two attached hydrogens (primary N) is 1. The van der Waals surface area contributed by atoms with Crippen LogP contribution in [0.3, 0.4) is 0 Å². The van der Waals surface area contributed by atoms with Gasteiger partial charge in [-0.15, -0.1) is 10.2 Å². The van der Waals surface area contributed by atoms with E-state index in [2.05, 4.69) is 20.6 Å². The fourth-order valence-electron chi connectivity index (χ4n) is 3.85. The Hall–Kier alpha value is -4.25. The van der Waals surface area contributed by atoms with E-state index in [1.165, 1.54) is 10.7 Å². The molecule has 170 valence electrons. The summed E-state index contributed by atoms with van der Waals surface area (Å²) >= 11 is 1.11. The lowest BCUT2D eigenvalue weighted by atomic mass is 9.84. The van der Waals surface area contributed by atoms with Crippen LogP contribution in [0.4, 0.5) is 5.69 Å². The molecule has 2 aromatic heterocycles. The molecule has 0 spiro atoms. The minimum Gasteiger partial charge on any atom is -0.334 e. The van der Waals surface area contributed by atoms with Gasteiger partial charge in [0.15, 0.2) is 11.6 Å². The van der Waals surface area contributed by atoms with E-state index in [0.717, 1.165) is 23.1 Å². The summed E-state index contributed by atoms with van der Waals surface area (Å²) in [6.07, 6.45) is 0. The van der Waals surface area contributed by atoms with Gasteiger partial charge in [-0.1, -0.05) is 36.0 Å². The maximum absolute atomic E-state index is 12.9. The molecular formula is C23H19N7O3S. The van der Waals surface area contributed by atoms with Crippen molar-refractivity contribution < 1.29 is 14.4 Å². The summed E-state index contributed by atoms with van der Waals surface area (Å²) in [5, 5.41) is 15.6. The quantitative estimate of drug-likeness (QED) is 0.293. The number of nitrogens with zero attached hydrogens (tertiary/aromatic N) is 5. The summed E-state index contributed by atoms with van der Waals surface area (Å²) in [6.45, 7) is 3.74. The first-order valence-electron chi connectivity index (χ1n) is 10.3. The predicted molar refractivity (Wildman–Crippen MR) is 126 cm³/mol. The highest BCUT2D eigenvalue weighted by molar-refractivity contribution is 7.99. The number of nitrogens with one attached hydrogen (secondary N) is 1. The monoisotopic (exact) mass is 473 g/mol. The summed E-state index contributed by atoms with van der Waals surface area (Å²) in [6, 6.07) is 13.3. The van der Waals surface area contributed by atoms with Crippen LogP contribution in [0.25, 0.3) is 5.95 Å². The molecule has 0 saturated carbocycles. The molecule has 1 aliphatic carbocycles. The van der Waals surface area contributed by atoms with E-state index in [1.54, 1.807) is 41.1 Å². The van der Waals surface area contributed by atoms with E-state index in [-0.39, 0.29) is 28.8 Å². The van der Waals surface area contributed by atoms with Crippen LogP contribution in [0.5, 0.6) is 0 Å². The van der Waals surface area contributed by atoms with Gasteiger partial charge in [-0.25, -0.2) is 9.36 Å². The number of thioether (sulfide) groups is 1. The van der Waals surface area contributed by atoms with Gasteiger partial charge in [-0.05, 0) is 38.1 Å². The summed E-state index contributed by atoms with van der Waals surface area (Å²) < 4.78 is 2.86. The summed E-state index contributed by atoms with van der Waals surface area (Å²) in [4.78, 5) is 38.1. The Bertz CT molecular complexity index is 1490. The van der Waals surface area contributed by atoms with Gasteiger partial charge in [0.05, 0.1) is 11.4 Å². The number of aryl methyl sites for hydroxylation is 2. The lowest BCUT2D eigenvalue weighted by Gasteiger charge is -2.18. The van der Waals surface area contributed by atoms with Crippen LogP contribution in [-0.2, 0) is 4.79 Å². The topological polar surface area (TPSA) is 138 Å². The molecule has 4 aromatic rings. The number of ketones is 2. The van der Waals surface area contributed by atoms with E-state index in [9.17, 15) is 14.4 Å². The molecule has 1 amide bonds. The van der Waals surface area contributed by atoms with Crippen LogP contribution in [0.1, 0.15) is 43.2 Å². The Morgan fingerprint density at radius 2 is 1.65 bits per heavy atom. The molecule has 0 atom stereocenters. The molecule has 0 bridgehead atoms. The number of carbonyl (C=O) groups excluding carboxylic acids is 3. The molecule has 3 N–H and O–H groups in total. The predicted octanol–water partition coefficient (Wildman–Crippen LogP) is 2.30. The average molecular weight is 474 g/mol. The lowest BCUT2D eigenvalue weighted by molar-refractivity contribution is -0.113. The highest BCUT2D eigenvalue weighted by Crippen LogP contribution is 2.29. The number of amides is 1. The van der Waals surface area contributed by atoms with Crippen molar-refractivity contribution in [2.75, 3.05) is 16.9 Å². The molecule has 0 radical (unpaired) electrons. The van der Waals surface area contributed by atoms with Gasteiger partial charge in [0, 0.05) is 33.6 Å². The summed E-state index contributed by atoms with van der Waals surface area (Å²) in [7, 11) is 0. The summed E-state index contributed by atoms with van der Waals surface area (Å²) in [5.41, 5.74) is 3.44. The van der Waals surface area contributed by atoms with Gasteiger partial charge in [0.2, 0.25) is 11.1 Å². The Kier molecular flexibility index (Phi) is 5.25. The van der Waals surface area contributed by atoms with Gasteiger partial charge in [0.25, 0.3) is 5.95 Å². The van der Waals surface area contributed by atoms with Crippen molar-refractivity contribution in [1.82, 2.24) is 24.7 Å². The molecule has 5 rings (SSSR count). The van der Waals surface area contributed by atoms with Crippen molar-refractivity contribution >= 4 is 34.9 Å². The van der Waals surface area contributed by atoms with E-state index >= 15 is 0 Å². The van der Waals surface area contributed by atoms with Gasteiger partial charge < -0.3 is 11.2 Å². The van der Waals surface area contributed by atoms with Gasteiger partial charge >= 0.3 is 0 Å². The minimum atomic E-state index is -0.324. The second-order valence-corrected chi connectivity index (χ2v) is 8.74. The molecule has 0 fully saturated rings. The number of hydrogen-bond donors (Lipinski definition) is 2. The second kappa shape index (κ2) is 8.27. The van der Waals surface area contributed by atoms with E-state index in [4.69, 9.17) is 5.84 Å². The number of rotatable bonds is 5. The summed E-state index contributed by atoms with van der Waals surface area (Å²) in [5.74, 6) is 5.68. The normalized spacial score (nSPS) is 12.4. The van der Waals surface area contributed by atoms with Crippen molar-refractivity contribution in [1.29, 1.82) is 0 Å². The standard InChI is InChI=1S/C23H19N7O3S/c1-12-9-13(2)30(28-12)22-26-27-23(29(22)24)34-11-19(31)25-14-7-8-17-18(10-14)21(33)16-6-4-3-5-15(16)20(17)32/h3-10H,11,24H2,1-2H3,(H,25,31). The van der Waals surface area contributed by atoms with Gasteiger partial charge in [-0.2, -0.15) is 5.10 Å². The fraction of sp³-hybridized carbons (Fsp3) is 0.130. The largest absolute Gasteiger partial charge is 0.334 e. The number of benzene rings is 2. The molecule has 1 aliphatic rings. The van der Waals surface area contributed by atoms with Crippen LogP contribution >= 0.6 is 11.8 Å². The first-order valence-corrected chi connectivity index (χ1v) is 11.3. The number of hydrogen-bond acceptors (Lipinski definition) is 8. The molecule has 2 aromatic carbocycles. The number of carbonyl (C=O) groups is 3. The first-order chi connectivity index (χ1) is 16.3. The molecule has 10 nitrogen and oxygen atoms in total. The lowest BCUT2D eigenvalue weighted by Crippen LogP contribution is -2.22. The zero-order valence-electron chi connectivity index (χ0n) is 18.3. The SMILES string of the molecule is Cc1cc(C)n(-c2nnc(SCC(=O)Nc3ccc4c(c3)C(=O)c3ccccc3C4=O)n2N)n1. The number of anilines is 1. The Morgan fingerprint density at radius 1 is 0.971 bits per heavy atom. The second-order valence-electron chi connectivity index (χ2n) is 7.79. The molecule has 11 heteroatoms. The number of nitrogen functional groups attached to an aromatic ring is 1. The molecule has 0 saturated heterocycles. The highest BCUT2D eigenvalue weighted by atomic mass is 32.2. The van der Waals surface area contributed by atoms with Crippen LogP contribution in [0, 0.1) is 13.8 Å². The third-order valence-electron chi connectivity index (χ3n) is 5.39. The van der Waals surface area contributed by atoms with Crippen molar-refractivity contribution in [2.45, 2.75) is 19.0 Å². The van der Waals surface area contributed by atoms with Crippen LogP contribution < -0.4 is 11.2 Å². The third kappa shape index (κ3) is 3.65. The average Bonchev–Trinajstić information content (AvgIpc) is 3.36. The molecule has 0 unspecified atom stereocenters. The zero-order valence-corrected chi connectivity index (χ0v) is 19.1. The maximum Gasteiger partial charge on any atom is 0.271 e. The highest BCUT2D eigenvalue weighted by Gasteiger charge is 2.29. The maximum atomic E-state index is 12.9. The third-order valence-corrected chi connectivity index (χ3v) is 6.33. The first kappa shape index (κ1) is 21.6. The van der Waals surface area contributed by atoms with E-state index < -0.39 is 0 Å². The Morgan fingerprint density at radius 3 is 2.32 bits per heavy atom. The van der Waals surface area contributed by atoms with Crippen LogP contribution in [0.2, 0.25) is 0 Å². The number of aromatic nitrogens is 5. The molecule has 2 heterocycles. The fourth-order valence-corrected chi connectivity index (χ4v) is 4.50. The van der Waals surface area contributed by atoms with Crippen molar-refractivity contribution in [3.05, 3.63) is 82.2 Å². The van der Waals surface area contributed by atoms with Crippen molar-refractivity contribution in [3.63, 3.8) is 0 Å². The van der Waals surface area contributed by atoms with Crippen molar-refractivity contribution in [2.24, 2.45) is 0 Å². The molecular weight excluding hydrogens is 454 g/mol.